The first kappa shape index (κ1) is 20.6. The number of urea groups is 1. The number of para-hydroxylation sites is 1. The lowest BCUT2D eigenvalue weighted by Gasteiger charge is -2.33. The molecule has 2 aliphatic heterocycles. The Hall–Kier alpha value is -3.10. The number of carbonyl (C=O) groups is 4. The SMILES string of the molecule is CC(C)[C@H](C)NC(=O)COC(=O)CN1C(=O)N[C@]2(CCOc3ccccc32)C1=O. The molecule has 1 aromatic carbocycles. The molecule has 0 aromatic heterocycles. The molecule has 0 radical (unpaired) electrons. The summed E-state index contributed by atoms with van der Waals surface area (Å²) in [5, 5.41) is 5.42. The number of nitrogens with zero attached hydrogens (tertiary/aromatic N) is 1. The maximum atomic E-state index is 13.0. The molecule has 1 saturated heterocycles. The van der Waals surface area contributed by atoms with E-state index >= 15 is 0 Å². The fourth-order valence-electron chi connectivity index (χ4n) is 3.30. The van der Waals surface area contributed by atoms with Crippen LogP contribution in [0.4, 0.5) is 4.79 Å². The van der Waals surface area contributed by atoms with Crippen LogP contribution in [0, 0.1) is 5.92 Å². The third-order valence-corrected chi connectivity index (χ3v) is 5.30. The highest BCUT2D eigenvalue weighted by molar-refractivity contribution is 6.09. The minimum Gasteiger partial charge on any atom is -0.493 e. The standard InChI is InChI=1S/C20H25N3O6/c1-12(2)13(3)21-16(24)11-29-17(25)10-23-18(26)20(22-19(23)27)8-9-28-15-7-5-4-6-14(15)20/h4-7,12-13H,8-11H2,1-3H3,(H,21,24)(H,22,27)/t13-,20-/m0/s1. The molecule has 2 atom stereocenters. The first-order chi connectivity index (χ1) is 13.7. The Morgan fingerprint density at radius 2 is 2.00 bits per heavy atom. The molecule has 1 fully saturated rings. The molecule has 9 nitrogen and oxygen atoms in total. The molecule has 0 unspecified atom stereocenters. The Morgan fingerprint density at radius 3 is 2.72 bits per heavy atom. The largest absolute Gasteiger partial charge is 0.493 e. The van der Waals surface area contributed by atoms with Gasteiger partial charge in [0.25, 0.3) is 11.8 Å². The molecule has 0 saturated carbocycles. The summed E-state index contributed by atoms with van der Waals surface area (Å²) >= 11 is 0. The maximum absolute atomic E-state index is 13.0. The van der Waals surface area contributed by atoms with E-state index in [0.717, 1.165) is 4.90 Å². The van der Waals surface area contributed by atoms with Gasteiger partial charge in [0.1, 0.15) is 12.3 Å². The van der Waals surface area contributed by atoms with Gasteiger partial charge in [0.05, 0.1) is 6.61 Å². The van der Waals surface area contributed by atoms with E-state index in [9.17, 15) is 19.2 Å². The smallest absolute Gasteiger partial charge is 0.326 e. The lowest BCUT2D eigenvalue weighted by Crippen LogP contribution is -2.47. The van der Waals surface area contributed by atoms with E-state index in [1.54, 1.807) is 24.3 Å². The van der Waals surface area contributed by atoms with Crippen molar-refractivity contribution < 1.29 is 28.7 Å². The molecule has 2 N–H and O–H groups in total. The number of benzene rings is 1. The van der Waals surface area contributed by atoms with Crippen molar-refractivity contribution in [2.45, 2.75) is 38.8 Å². The van der Waals surface area contributed by atoms with Crippen LogP contribution in [0.25, 0.3) is 0 Å². The Balaban J connectivity index is 1.63. The predicted octanol–water partition coefficient (Wildman–Crippen LogP) is 0.920. The summed E-state index contributed by atoms with van der Waals surface area (Å²) in [6, 6.07) is 6.22. The van der Waals surface area contributed by atoms with Crippen LogP contribution >= 0.6 is 0 Å². The van der Waals surface area contributed by atoms with E-state index in [2.05, 4.69) is 10.6 Å². The van der Waals surface area contributed by atoms with Crippen LogP contribution in [0.5, 0.6) is 5.75 Å². The molecule has 3 rings (SSSR count). The topological polar surface area (TPSA) is 114 Å². The van der Waals surface area contributed by atoms with Crippen molar-refractivity contribution in [2.75, 3.05) is 19.8 Å². The summed E-state index contributed by atoms with van der Waals surface area (Å²) < 4.78 is 10.5. The number of nitrogens with one attached hydrogen (secondary N) is 2. The molecule has 9 heteroatoms. The van der Waals surface area contributed by atoms with Crippen molar-refractivity contribution in [3.63, 3.8) is 0 Å². The van der Waals surface area contributed by atoms with Crippen LogP contribution in [-0.4, -0.2) is 54.5 Å². The molecule has 0 aliphatic carbocycles. The summed E-state index contributed by atoms with van der Waals surface area (Å²) in [5.41, 5.74) is -0.696. The Labute approximate surface area is 168 Å². The summed E-state index contributed by atoms with van der Waals surface area (Å²) in [7, 11) is 0. The second-order valence-corrected chi connectivity index (χ2v) is 7.58. The second-order valence-electron chi connectivity index (χ2n) is 7.58. The monoisotopic (exact) mass is 403 g/mol. The fourth-order valence-corrected chi connectivity index (χ4v) is 3.30. The average molecular weight is 403 g/mol. The number of fused-ring (bicyclic) bond motifs is 2. The minimum absolute atomic E-state index is 0.0689. The number of hydrogen-bond acceptors (Lipinski definition) is 6. The molecule has 1 spiro atoms. The van der Waals surface area contributed by atoms with Gasteiger partial charge in [-0.3, -0.25) is 19.3 Å². The van der Waals surface area contributed by atoms with E-state index in [1.807, 2.05) is 20.8 Å². The van der Waals surface area contributed by atoms with Gasteiger partial charge in [-0.15, -0.1) is 0 Å². The molecule has 2 heterocycles. The van der Waals surface area contributed by atoms with Crippen molar-refractivity contribution in [3.8, 4) is 5.75 Å². The zero-order valence-electron chi connectivity index (χ0n) is 16.7. The molecular formula is C20H25N3O6. The summed E-state index contributed by atoms with van der Waals surface area (Å²) in [6.07, 6.45) is 0.260. The van der Waals surface area contributed by atoms with Gasteiger partial charge in [-0.05, 0) is 18.9 Å². The van der Waals surface area contributed by atoms with Gasteiger partial charge < -0.3 is 20.1 Å². The molecule has 29 heavy (non-hydrogen) atoms. The maximum Gasteiger partial charge on any atom is 0.326 e. The third-order valence-electron chi connectivity index (χ3n) is 5.30. The molecule has 4 amide bonds. The highest BCUT2D eigenvalue weighted by atomic mass is 16.5. The molecule has 156 valence electrons. The minimum atomic E-state index is -1.25. The second kappa shape index (κ2) is 8.10. The van der Waals surface area contributed by atoms with E-state index in [-0.39, 0.29) is 25.0 Å². The van der Waals surface area contributed by atoms with E-state index in [0.29, 0.717) is 11.3 Å². The third kappa shape index (κ3) is 4.03. The summed E-state index contributed by atoms with van der Waals surface area (Å²) in [5.74, 6) is -1.05. The van der Waals surface area contributed by atoms with Gasteiger partial charge in [0, 0.05) is 18.0 Å². The quantitative estimate of drug-likeness (QED) is 0.539. The van der Waals surface area contributed by atoms with E-state index < -0.39 is 42.5 Å². The van der Waals surface area contributed by atoms with E-state index in [1.165, 1.54) is 0 Å². The number of rotatable bonds is 6. The molecule has 0 bridgehead atoms. The summed E-state index contributed by atoms with van der Waals surface area (Å²) in [6.45, 7) is 4.99. The van der Waals surface area contributed by atoms with Crippen LogP contribution in [0.3, 0.4) is 0 Å². The molecular weight excluding hydrogens is 378 g/mol. The summed E-state index contributed by atoms with van der Waals surface area (Å²) in [4.78, 5) is 50.3. The number of ether oxygens (including phenoxy) is 2. The fraction of sp³-hybridized carbons (Fsp3) is 0.500. The molecule has 1 aromatic rings. The van der Waals surface area contributed by atoms with Crippen molar-refractivity contribution in [2.24, 2.45) is 5.92 Å². The van der Waals surface area contributed by atoms with Gasteiger partial charge in [0.15, 0.2) is 12.1 Å². The predicted molar refractivity (Wildman–Crippen MR) is 102 cm³/mol. The molecule has 2 aliphatic rings. The van der Waals surface area contributed by atoms with Crippen molar-refractivity contribution >= 4 is 23.8 Å². The van der Waals surface area contributed by atoms with Crippen LogP contribution in [0.2, 0.25) is 0 Å². The van der Waals surface area contributed by atoms with Gasteiger partial charge in [-0.25, -0.2) is 4.79 Å². The number of imide groups is 1. The lowest BCUT2D eigenvalue weighted by molar-refractivity contribution is -0.151. The van der Waals surface area contributed by atoms with Crippen LogP contribution < -0.4 is 15.4 Å². The lowest BCUT2D eigenvalue weighted by atomic mass is 9.84. The number of carbonyl (C=O) groups excluding carboxylic acids is 4. The zero-order valence-corrected chi connectivity index (χ0v) is 16.7. The Morgan fingerprint density at radius 1 is 1.28 bits per heavy atom. The van der Waals surface area contributed by atoms with Crippen LogP contribution in [-0.2, 0) is 24.7 Å². The number of esters is 1. The first-order valence-corrected chi connectivity index (χ1v) is 9.56. The van der Waals surface area contributed by atoms with Crippen LogP contribution in [0.1, 0.15) is 32.8 Å². The van der Waals surface area contributed by atoms with E-state index in [4.69, 9.17) is 9.47 Å². The Kier molecular flexibility index (Phi) is 5.76. The van der Waals surface area contributed by atoms with Crippen molar-refractivity contribution in [3.05, 3.63) is 29.8 Å². The van der Waals surface area contributed by atoms with Gasteiger partial charge in [-0.1, -0.05) is 32.0 Å². The van der Waals surface area contributed by atoms with Gasteiger partial charge in [-0.2, -0.15) is 0 Å². The van der Waals surface area contributed by atoms with Gasteiger partial charge in [0.2, 0.25) is 0 Å². The number of hydrogen-bond donors (Lipinski definition) is 2. The number of amides is 4. The Bertz CT molecular complexity index is 839. The normalized spacial score (nSPS) is 21.4. The average Bonchev–Trinajstić information content (AvgIpc) is 2.91. The van der Waals surface area contributed by atoms with Crippen molar-refractivity contribution in [1.29, 1.82) is 0 Å². The zero-order chi connectivity index (χ0) is 21.2. The van der Waals surface area contributed by atoms with Gasteiger partial charge >= 0.3 is 12.0 Å². The first-order valence-electron chi connectivity index (χ1n) is 9.56. The van der Waals surface area contributed by atoms with Crippen molar-refractivity contribution in [1.82, 2.24) is 15.5 Å². The van der Waals surface area contributed by atoms with Crippen LogP contribution in [0.15, 0.2) is 24.3 Å². The highest BCUT2D eigenvalue weighted by Gasteiger charge is 2.55. The highest BCUT2D eigenvalue weighted by Crippen LogP contribution is 2.40.